The molecule has 0 N–H and O–H groups in total. The van der Waals surface area contributed by atoms with Crippen LogP contribution in [0.3, 0.4) is 0 Å². The summed E-state index contributed by atoms with van der Waals surface area (Å²) in [4.78, 5) is 0. The normalized spacial score (nSPS) is 10.7. The number of halogens is 2. The van der Waals surface area contributed by atoms with Crippen molar-refractivity contribution in [3.63, 3.8) is 0 Å². The Kier molecular flexibility index (Phi) is 4.83. The number of benzene rings is 2. The van der Waals surface area contributed by atoms with Crippen molar-refractivity contribution in [2.24, 2.45) is 0 Å². The third-order valence-corrected chi connectivity index (χ3v) is 4.21. The highest BCUT2D eigenvalue weighted by Crippen LogP contribution is 2.29. The summed E-state index contributed by atoms with van der Waals surface area (Å²) in [5.41, 5.74) is 1.51. The third-order valence-electron chi connectivity index (χ3n) is 3.09. The maximum Gasteiger partial charge on any atom is 0.277 e. The molecular formula is C16H12ClFN2O2S. The van der Waals surface area contributed by atoms with Gasteiger partial charge in [-0.3, -0.25) is 0 Å². The Morgan fingerprint density at radius 1 is 1.17 bits per heavy atom. The summed E-state index contributed by atoms with van der Waals surface area (Å²) in [6.07, 6.45) is 0. The van der Waals surface area contributed by atoms with Crippen molar-refractivity contribution in [1.29, 1.82) is 0 Å². The second-order valence-corrected chi connectivity index (χ2v) is 5.99. The van der Waals surface area contributed by atoms with Crippen molar-refractivity contribution in [2.45, 2.75) is 11.0 Å². The third kappa shape index (κ3) is 3.83. The molecule has 0 saturated carbocycles. The number of methoxy groups -OCH3 is 1. The van der Waals surface area contributed by atoms with Crippen LogP contribution in [0, 0.1) is 5.82 Å². The molecule has 0 amide bonds. The van der Waals surface area contributed by atoms with E-state index in [1.54, 1.807) is 37.4 Å². The van der Waals surface area contributed by atoms with Crippen LogP contribution >= 0.6 is 23.4 Å². The molecule has 0 atom stereocenters. The second kappa shape index (κ2) is 7.02. The number of ether oxygens (including phenoxy) is 1. The Bertz CT molecular complexity index is 808. The van der Waals surface area contributed by atoms with E-state index in [4.69, 9.17) is 20.8 Å². The monoisotopic (exact) mass is 350 g/mol. The Labute approximate surface area is 141 Å². The molecule has 0 aliphatic rings. The molecular weight excluding hydrogens is 339 g/mol. The first kappa shape index (κ1) is 15.8. The fourth-order valence-corrected chi connectivity index (χ4v) is 2.84. The molecule has 0 bridgehead atoms. The van der Waals surface area contributed by atoms with Gasteiger partial charge < -0.3 is 9.15 Å². The highest BCUT2D eigenvalue weighted by atomic mass is 35.5. The van der Waals surface area contributed by atoms with E-state index < -0.39 is 0 Å². The van der Waals surface area contributed by atoms with Crippen LogP contribution in [0.25, 0.3) is 11.5 Å². The molecule has 0 unspecified atom stereocenters. The van der Waals surface area contributed by atoms with Crippen LogP contribution in [-0.4, -0.2) is 17.3 Å². The van der Waals surface area contributed by atoms with Gasteiger partial charge >= 0.3 is 0 Å². The molecule has 3 rings (SSSR count). The minimum atomic E-state index is -0.311. The van der Waals surface area contributed by atoms with E-state index in [-0.39, 0.29) is 5.82 Å². The van der Waals surface area contributed by atoms with Gasteiger partial charge in [-0.25, -0.2) is 4.39 Å². The SMILES string of the molecule is COc1ccc(F)cc1CSc1nnc(-c2ccc(Cl)cc2)o1. The zero-order chi connectivity index (χ0) is 16.2. The molecule has 2 aromatic carbocycles. The number of nitrogens with zero attached hydrogens (tertiary/aromatic N) is 2. The Hall–Kier alpha value is -2.05. The van der Waals surface area contributed by atoms with Crippen molar-refractivity contribution < 1.29 is 13.5 Å². The van der Waals surface area contributed by atoms with E-state index in [1.165, 1.54) is 23.9 Å². The van der Waals surface area contributed by atoms with E-state index in [9.17, 15) is 4.39 Å². The smallest absolute Gasteiger partial charge is 0.277 e. The fraction of sp³-hybridized carbons (Fsp3) is 0.125. The number of hydrogen-bond donors (Lipinski definition) is 0. The van der Waals surface area contributed by atoms with Gasteiger partial charge in [-0.15, -0.1) is 10.2 Å². The summed E-state index contributed by atoms with van der Waals surface area (Å²) in [5, 5.41) is 9.03. The molecule has 118 valence electrons. The highest BCUT2D eigenvalue weighted by molar-refractivity contribution is 7.98. The van der Waals surface area contributed by atoms with Gasteiger partial charge in [0.05, 0.1) is 7.11 Å². The first-order valence-corrected chi connectivity index (χ1v) is 8.07. The molecule has 0 spiro atoms. The Morgan fingerprint density at radius 3 is 2.70 bits per heavy atom. The number of hydrogen-bond acceptors (Lipinski definition) is 5. The molecule has 0 fully saturated rings. The molecule has 23 heavy (non-hydrogen) atoms. The predicted molar refractivity (Wildman–Crippen MR) is 87.3 cm³/mol. The standard InChI is InChI=1S/C16H12ClFN2O2S/c1-21-14-7-6-13(18)8-11(14)9-23-16-20-19-15(22-16)10-2-4-12(17)5-3-10/h2-8H,9H2,1H3. The van der Waals surface area contributed by atoms with E-state index >= 15 is 0 Å². The van der Waals surface area contributed by atoms with Crippen LogP contribution < -0.4 is 4.74 Å². The minimum absolute atomic E-state index is 0.311. The Balaban J connectivity index is 1.72. The van der Waals surface area contributed by atoms with Crippen LogP contribution in [0.4, 0.5) is 4.39 Å². The van der Waals surface area contributed by atoms with Gasteiger partial charge in [0.1, 0.15) is 11.6 Å². The zero-order valence-corrected chi connectivity index (χ0v) is 13.7. The van der Waals surface area contributed by atoms with E-state index in [1.807, 2.05) is 0 Å². The highest BCUT2D eigenvalue weighted by Gasteiger charge is 2.11. The summed E-state index contributed by atoms with van der Waals surface area (Å²) >= 11 is 7.17. The lowest BCUT2D eigenvalue weighted by molar-refractivity contribution is 0.410. The molecule has 0 saturated heterocycles. The maximum atomic E-state index is 13.3. The molecule has 7 heteroatoms. The van der Waals surface area contributed by atoms with E-state index in [0.29, 0.717) is 27.6 Å². The fourth-order valence-electron chi connectivity index (χ4n) is 1.98. The Morgan fingerprint density at radius 2 is 1.96 bits per heavy atom. The average Bonchev–Trinajstić information content (AvgIpc) is 3.03. The van der Waals surface area contributed by atoms with Gasteiger partial charge in [0.25, 0.3) is 5.22 Å². The predicted octanol–water partition coefficient (Wildman–Crippen LogP) is 4.83. The first-order valence-electron chi connectivity index (χ1n) is 6.70. The van der Waals surface area contributed by atoms with Gasteiger partial charge in [-0.05, 0) is 42.5 Å². The number of thioether (sulfide) groups is 1. The van der Waals surface area contributed by atoms with Crippen molar-refractivity contribution >= 4 is 23.4 Å². The van der Waals surface area contributed by atoms with Crippen molar-refractivity contribution in [2.75, 3.05) is 7.11 Å². The van der Waals surface area contributed by atoms with Crippen LogP contribution in [0.5, 0.6) is 5.75 Å². The topological polar surface area (TPSA) is 48.2 Å². The molecule has 1 aromatic heterocycles. The van der Waals surface area contributed by atoms with Crippen LogP contribution in [0.2, 0.25) is 5.02 Å². The first-order chi connectivity index (χ1) is 11.2. The van der Waals surface area contributed by atoms with Crippen molar-refractivity contribution in [3.05, 3.63) is 58.9 Å². The lowest BCUT2D eigenvalue weighted by atomic mass is 10.2. The summed E-state index contributed by atoms with van der Waals surface area (Å²) in [7, 11) is 1.55. The van der Waals surface area contributed by atoms with Crippen molar-refractivity contribution in [1.82, 2.24) is 10.2 Å². The lowest BCUT2D eigenvalue weighted by Gasteiger charge is -2.06. The molecule has 3 aromatic rings. The summed E-state index contributed by atoms with van der Waals surface area (Å²) in [5.74, 6) is 1.18. The zero-order valence-electron chi connectivity index (χ0n) is 12.1. The minimum Gasteiger partial charge on any atom is -0.496 e. The van der Waals surface area contributed by atoms with Gasteiger partial charge in [0.2, 0.25) is 5.89 Å². The summed E-state index contributed by atoms with van der Waals surface area (Å²) < 4.78 is 24.2. The molecule has 0 aliphatic heterocycles. The molecule has 1 heterocycles. The maximum absolute atomic E-state index is 13.3. The van der Waals surface area contributed by atoms with Crippen LogP contribution in [-0.2, 0) is 5.75 Å². The van der Waals surface area contributed by atoms with E-state index in [2.05, 4.69) is 10.2 Å². The molecule has 4 nitrogen and oxygen atoms in total. The van der Waals surface area contributed by atoms with Gasteiger partial charge in [0, 0.05) is 21.9 Å². The molecule has 0 aliphatic carbocycles. The van der Waals surface area contributed by atoms with Gasteiger partial charge in [-0.2, -0.15) is 0 Å². The number of aromatic nitrogens is 2. The summed E-state index contributed by atoms with van der Waals surface area (Å²) in [6.45, 7) is 0. The largest absolute Gasteiger partial charge is 0.496 e. The molecule has 0 radical (unpaired) electrons. The van der Waals surface area contributed by atoms with Crippen LogP contribution in [0.1, 0.15) is 5.56 Å². The average molecular weight is 351 g/mol. The number of rotatable bonds is 5. The van der Waals surface area contributed by atoms with Gasteiger partial charge in [0.15, 0.2) is 0 Å². The van der Waals surface area contributed by atoms with Crippen molar-refractivity contribution in [3.8, 4) is 17.2 Å². The quantitative estimate of drug-likeness (QED) is 0.617. The summed E-state index contributed by atoms with van der Waals surface area (Å²) in [6, 6.07) is 11.5. The lowest BCUT2D eigenvalue weighted by Crippen LogP contribution is -1.91. The van der Waals surface area contributed by atoms with E-state index in [0.717, 1.165) is 11.1 Å². The second-order valence-electron chi connectivity index (χ2n) is 4.62. The van der Waals surface area contributed by atoms with Gasteiger partial charge in [-0.1, -0.05) is 23.4 Å². The van der Waals surface area contributed by atoms with Crippen LogP contribution in [0.15, 0.2) is 52.1 Å².